The van der Waals surface area contributed by atoms with Gasteiger partial charge in [0.05, 0.1) is 23.3 Å². The van der Waals surface area contributed by atoms with Gasteiger partial charge in [0, 0.05) is 23.1 Å². The molecule has 0 fully saturated rings. The fraction of sp³-hybridized carbons (Fsp3) is 0.133. The Kier molecular flexibility index (Phi) is 8.33. The van der Waals surface area contributed by atoms with Crippen molar-refractivity contribution in [3.8, 4) is 29.0 Å². The molecular weight excluding hydrogens is 553 g/mol. The summed E-state index contributed by atoms with van der Waals surface area (Å²) in [7, 11) is 1.47. The number of hydrogen-bond acceptors (Lipinski definition) is 6. The van der Waals surface area contributed by atoms with Crippen LogP contribution in [0, 0.1) is 35.3 Å². The highest BCUT2D eigenvalue weighted by atomic mass is 19.4. The SMILES string of the molecule is COc1ccccc1NC(=O)/C(C#N)=C/c1cc(C)n(-c2ccc(Oc3ccc(C(F)(F)F)cc3[N+](=O)[O-])cc2)c1C. The Hall–Kier alpha value is -5.57. The van der Waals surface area contributed by atoms with Crippen LogP contribution in [0.25, 0.3) is 11.8 Å². The van der Waals surface area contributed by atoms with Crippen molar-refractivity contribution in [2.45, 2.75) is 20.0 Å². The summed E-state index contributed by atoms with van der Waals surface area (Å²) in [5.41, 5.74) is 1.13. The molecule has 0 bridgehead atoms. The lowest BCUT2D eigenvalue weighted by Gasteiger charge is -2.12. The van der Waals surface area contributed by atoms with Crippen LogP contribution in [0.4, 0.5) is 24.5 Å². The Morgan fingerprint density at radius 1 is 1.05 bits per heavy atom. The van der Waals surface area contributed by atoms with Crippen LogP contribution in [-0.2, 0) is 11.0 Å². The van der Waals surface area contributed by atoms with E-state index in [1.54, 1.807) is 42.5 Å². The van der Waals surface area contributed by atoms with Gasteiger partial charge in [-0.25, -0.2) is 0 Å². The smallest absolute Gasteiger partial charge is 0.416 e. The largest absolute Gasteiger partial charge is 0.495 e. The number of nitriles is 1. The topological polar surface area (TPSA) is 119 Å². The third-order valence-electron chi connectivity index (χ3n) is 6.30. The summed E-state index contributed by atoms with van der Waals surface area (Å²) in [4.78, 5) is 23.3. The number of nitro groups is 1. The van der Waals surface area contributed by atoms with Crippen molar-refractivity contribution in [1.82, 2.24) is 4.57 Å². The monoisotopic (exact) mass is 576 g/mol. The van der Waals surface area contributed by atoms with Gasteiger partial charge in [-0.15, -0.1) is 0 Å². The van der Waals surface area contributed by atoms with Crippen molar-refractivity contribution >= 4 is 23.4 Å². The molecule has 0 aliphatic heterocycles. The molecule has 0 atom stereocenters. The van der Waals surface area contributed by atoms with Gasteiger partial charge in [0.1, 0.15) is 23.1 Å². The van der Waals surface area contributed by atoms with E-state index in [1.165, 1.54) is 25.3 Å². The van der Waals surface area contributed by atoms with E-state index in [9.17, 15) is 33.3 Å². The van der Waals surface area contributed by atoms with Crippen LogP contribution in [0.1, 0.15) is 22.5 Å². The molecule has 42 heavy (non-hydrogen) atoms. The van der Waals surface area contributed by atoms with E-state index in [0.29, 0.717) is 34.8 Å². The standard InChI is InChI=1S/C30H23F3N4O5/c1-18-14-20(15-21(17-34)29(38)35-25-6-4-5-7-27(25)41-3)19(2)36(18)23-9-11-24(12-10-23)42-28-13-8-22(30(31,32)33)16-26(28)37(39)40/h4-16H,1-3H3,(H,35,38)/b21-15+. The number of aromatic nitrogens is 1. The molecule has 1 aromatic heterocycles. The number of amides is 1. The summed E-state index contributed by atoms with van der Waals surface area (Å²) in [6, 6.07) is 19.0. The molecule has 0 spiro atoms. The lowest BCUT2D eigenvalue weighted by atomic mass is 10.1. The number of ether oxygens (including phenoxy) is 2. The number of carbonyl (C=O) groups is 1. The second-order valence-electron chi connectivity index (χ2n) is 9.02. The zero-order chi connectivity index (χ0) is 30.6. The van der Waals surface area contributed by atoms with E-state index < -0.39 is 28.3 Å². The molecule has 0 aliphatic carbocycles. The first-order valence-corrected chi connectivity index (χ1v) is 12.3. The summed E-state index contributed by atoms with van der Waals surface area (Å²) in [5, 5.41) is 23.7. The van der Waals surface area contributed by atoms with Crippen LogP contribution < -0.4 is 14.8 Å². The lowest BCUT2D eigenvalue weighted by Crippen LogP contribution is -2.14. The fourth-order valence-corrected chi connectivity index (χ4v) is 4.29. The minimum Gasteiger partial charge on any atom is -0.495 e. The molecule has 4 rings (SSSR count). The first-order valence-electron chi connectivity index (χ1n) is 12.3. The van der Waals surface area contributed by atoms with Gasteiger partial charge in [0.2, 0.25) is 5.75 Å². The van der Waals surface area contributed by atoms with Crippen molar-refractivity contribution in [3.05, 3.63) is 111 Å². The van der Waals surface area contributed by atoms with Gasteiger partial charge in [-0.3, -0.25) is 14.9 Å². The highest BCUT2D eigenvalue weighted by Crippen LogP contribution is 2.38. The average molecular weight is 577 g/mol. The maximum atomic E-state index is 13.0. The summed E-state index contributed by atoms with van der Waals surface area (Å²) < 4.78 is 51.6. The molecule has 12 heteroatoms. The minimum absolute atomic E-state index is 0.122. The molecule has 9 nitrogen and oxygen atoms in total. The number of aryl methyl sites for hydroxylation is 1. The number of benzene rings is 3. The van der Waals surface area contributed by atoms with E-state index >= 15 is 0 Å². The Morgan fingerprint density at radius 3 is 2.36 bits per heavy atom. The van der Waals surface area contributed by atoms with Gasteiger partial charge in [-0.1, -0.05) is 12.1 Å². The molecule has 0 saturated heterocycles. The first-order chi connectivity index (χ1) is 19.9. The number of nitrogens with zero attached hydrogens (tertiary/aromatic N) is 3. The van der Waals surface area contributed by atoms with Gasteiger partial charge >= 0.3 is 11.9 Å². The maximum absolute atomic E-state index is 13.0. The number of nitrogens with one attached hydrogen (secondary N) is 1. The molecule has 1 N–H and O–H groups in total. The number of halogens is 3. The Morgan fingerprint density at radius 2 is 1.74 bits per heavy atom. The number of rotatable bonds is 8. The molecule has 0 aliphatic rings. The van der Waals surface area contributed by atoms with E-state index in [0.717, 1.165) is 17.5 Å². The molecule has 1 heterocycles. The fourth-order valence-electron chi connectivity index (χ4n) is 4.29. The van der Waals surface area contributed by atoms with E-state index in [4.69, 9.17) is 9.47 Å². The van der Waals surface area contributed by atoms with Crippen LogP contribution in [0.3, 0.4) is 0 Å². The van der Waals surface area contributed by atoms with Crippen LogP contribution in [0.2, 0.25) is 0 Å². The molecule has 0 unspecified atom stereocenters. The molecule has 3 aromatic carbocycles. The number of anilines is 1. The molecule has 0 saturated carbocycles. The highest BCUT2D eigenvalue weighted by Gasteiger charge is 2.33. The third-order valence-corrected chi connectivity index (χ3v) is 6.30. The number of nitro benzene ring substituents is 1. The molecule has 214 valence electrons. The zero-order valence-electron chi connectivity index (χ0n) is 22.5. The Labute approximate surface area is 238 Å². The van der Waals surface area contributed by atoms with E-state index in [1.807, 2.05) is 24.5 Å². The number of carbonyl (C=O) groups excluding carboxylic acids is 1. The molecule has 0 radical (unpaired) electrons. The van der Waals surface area contributed by atoms with E-state index in [2.05, 4.69) is 5.32 Å². The number of methoxy groups -OCH3 is 1. The predicted octanol–water partition coefficient (Wildman–Crippen LogP) is 7.37. The third kappa shape index (κ3) is 6.26. The lowest BCUT2D eigenvalue weighted by molar-refractivity contribution is -0.385. The number of hydrogen-bond donors (Lipinski definition) is 1. The van der Waals surface area contributed by atoms with Crippen molar-refractivity contribution < 1.29 is 32.4 Å². The van der Waals surface area contributed by atoms with Gasteiger partial charge in [0.15, 0.2) is 0 Å². The number of alkyl halides is 3. The van der Waals surface area contributed by atoms with Gasteiger partial charge in [-0.2, -0.15) is 18.4 Å². The normalized spacial score (nSPS) is 11.5. The summed E-state index contributed by atoms with van der Waals surface area (Å²) in [6.07, 6.45) is -3.26. The van der Waals surface area contributed by atoms with Crippen molar-refractivity contribution in [1.29, 1.82) is 5.26 Å². The zero-order valence-corrected chi connectivity index (χ0v) is 22.5. The molecular formula is C30H23F3N4O5. The van der Waals surface area contributed by atoms with Crippen LogP contribution in [0.5, 0.6) is 17.2 Å². The van der Waals surface area contributed by atoms with Crippen LogP contribution in [0.15, 0.2) is 78.4 Å². The predicted molar refractivity (Wildman–Crippen MR) is 149 cm³/mol. The number of para-hydroxylation sites is 2. The molecule has 1 amide bonds. The van der Waals surface area contributed by atoms with Crippen LogP contribution in [-0.4, -0.2) is 22.5 Å². The summed E-state index contributed by atoms with van der Waals surface area (Å²) >= 11 is 0. The Bertz CT molecular complexity index is 1740. The summed E-state index contributed by atoms with van der Waals surface area (Å²) in [6.45, 7) is 3.64. The van der Waals surface area contributed by atoms with Gasteiger partial charge in [-0.05, 0) is 80.1 Å². The van der Waals surface area contributed by atoms with Gasteiger partial charge < -0.3 is 19.4 Å². The van der Waals surface area contributed by atoms with Crippen molar-refractivity contribution in [2.75, 3.05) is 12.4 Å². The average Bonchev–Trinajstić information content (AvgIpc) is 3.23. The second kappa shape index (κ2) is 11.9. The van der Waals surface area contributed by atoms with Gasteiger partial charge in [0.25, 0.3) is 5.91 Å². The molecule has 4 aromatic rings. The minimum atomic E-state index is -4.74. The first kappa shape index (κ1) is 29.4. The second-order valence-corrected chi connectivity index (χ2v) is 9.02. The maximum Gasteiger partial charge on any atom is 0.416 e. The Balaban J connectivity index is 1.58. The highest BCUT2D eigenvalue weighted by molar-refractivity contribution is 6.10. The van der Waals surface area contributed by atoms with Crippen molar-refractivity contribution in [2.24, 2.45) is 0 Å². The van der Waals surface area contributed by atoms with E-state index in [-0.39, 0.29) is 17.1 Å². The quantitative estimate of drug-likeness (QED) is 0.101. The van der Waals surface area contributed by atoms with Crippen molar-refractivity contribution in [3.63, 3.8) is 0 Å². The summed E-state index contributed by atoms with van der Waals surface area (Å²) in [5.74, 6) is -0.326. The van der Waals surface area contributed by atoms with Crippen LogP contribution >= 0.6 is 0 Å².